The molecule has 0 aliphatic carbocycles. The van der Waals surface area contributed by atoms with Crippen molar-refractivity contribution in [2.24, 2.45) is 0 Å². The number of esters is 1. The van der Waals surface area contributed by atoms with Crippen molar-refractivity contribution < 1.29 is 19.1 Å². The van der Waals surface area contributed by atoms with Crippen molar-refractivity contribution in [1.29, 1.82) is 0 Å². The summed E-state index contributed by atoms with van der Waals surface area (Å²) in [7, 11) is 1.30. The van der Waals surface area contributed by atoms with Crippen LogP contribution in [0.3, 0.4) is 0 Å². The Kier molecular flexibility index (Phi) is 6.83. The fraction of sp³-hybridized carbons (Fsp3) is 0.615. The Morgan fingerprint density at radius 2 is 2.06 bits per heavy atom. The van der Waals surface area contributed by atoms with Gasteiger partial charge in [-0.25, -0.2) is 4.79 Å². The fourth-order valence-electron chi connectivity index (χ4n) is 1.18. The Balaban J connectivity index is 4.43. The summed E-state index contributed by atoms with van der Waals surface area (Å²) in [5.74, 6) is -0.395. The molecule has 0 aliphatic rings. The molecule has 0 aliphatic heterocycles. The van der Waals surface area contributed by atoms with Gasteiger partial charge in [0.05, 0.1) is 13.5 Å². The zero-order chi connectivity index (χ0) is 14.2. The smallest absolute Gasteiger partial charge is 0.407 e. The molecule has 1 atom stereocenters. The Morgan fingerprint density at radius 3 is 2.50 bits per heavy atom. The van der Waals surface area contributed by atoms with Crippen molar-refractivity contribution in [3.05, 3.63) is 18.4 Å². The van der Waals surface area contributed by atoms with E-state index in [0.29, 0.717) is 6.42 Å². The Morgan fingerprint density at radius 1 is 1.44 bits per heavy atom. The normalized spacial score (nSPS) is 12.0. The maximum Gasteiger partial charge on any atom is 0.407 e. The maximum atomic E-state index is 11.6. The monoisotopic (exact) mass is 255 g/mol. The molecule has 0 radical (unpaired) electrons. The lowest BCUT2D eigenvalue weighted by Crippen LogP contribution is -2.40. The van der Waals surface area contributed by atoms with Crippen molar-refractivity contribution in [1.82, 2.24) is 5.32 Å². The summed E-state index contributed by atoms with van der Waals surface area (Å²) in [4.78, 5) is 22.8. The summed E-state index contributed by atoms with van der Waals surface area (Å²) >= 11 is 0. The van der Waals surface area contributed by atoms with Gasteiger partial charge in [-0.15, -0.1) is 5.73 Å². The summed E-state index contributed by atoms with van der Waals surface area (Å²) in [6.45, 7) is 8.74. The summed E-state index contributed by atoms with van der Waals surface area (Å²) < 4.78 is 9.67. The molecule has 0 heterocycles. The van der Waals surface area contributed by atoms with Gasteiger partial charge in [0.15, 0.2) is 0 Å². The van der Waals surface area contributed by atoms with Crippen LogP contribution in [0.15, 0.2) is 18.4 Å². The average Bonchev–Trinajstić information content (AvgIpc) is 2.22. The molecule has 0 aromatic heterocycles. The second-order valence-electron chi connectivity index (χ2n) is 4.77. The second-order valence-corrected chi connectivity index (χ2v) is 4.77. The molecular formula is C13H21NO4. The number of hydrogen-bond donors (Lipinski definition) is 1. The molecule has 0 unspecified atom stereocenters. The van der Waals surface area contributed by atoms with Crippen LogP contribution in [-0.4, -0.2) is 30.8 Å². The van der Waals surface area contributed by atoms with Crippen LogP contribution in [0.5, 0.6) is 0 Å². The van der Waals surface area contributed by atoms with Gasteiger partial charge in [0, 0.05) is 6.04 Å². The highest BCUT2D eigenvalue weighted by atomic mass is 16.6. The van der Waals surface area contributed by atoms with E-state index in [1.807, 2.05) is 0 Å². The predicted octanol–water partition coefficient (Wildman–Crippen LogP) is 2.17. The topological polar surface area (TPSA) is 64.6 Å². The van der Waals surface area contributed by atoms with Gasteiger partial charge >= 0.3 is 12.1 Å². The summed E-state index contributed by atoms with van der Waals surface area (Å²) in [5, 5.41) is 2.61. The first-order valence-electron chi connectivity index (χ1n) is 5.69. The molecular weight excluding hydrogens is 234 g/mol. The Labute approximate surface area is 108 Å². The van der Waals surface area contributed by atoms with Crippen LogP contribution < -0.4 is 5.32 Å². The number of alkyl carbamates (subject to hydrolysis) is 1. The number of hydrogen-bond acceptors (Lipinski definition) is 4. The van der Waals surface area contributed by atoms with E-state index in [9.17, 15) is 9.59 Å². The van der Waals surface area contributed by atoms with E-state index in [2.05, 4.69) is 22.4 Å². The first-order chi connectivity index (χ1) is 8.28. The third-order valence-corrected chi connectivity index (χ3v) is 1.91. The lowest BCUT2D eigenvalue weighted by Gasteiger charge is -2.22. The van der Waals surface area contributed by atoms with E-state index >= 15 is 0 Å². The molecule has 0 aromatic rings. The van der Waals surface area contributed by atoms with E-state index in [4.69, 9.17) is 4.74 Å². The van der Waals surface area contributed by atoms with Gasteiger partial charge in [-0.2, -0.15) is 0 Å². The molecule has 0 aromatic carbocycles. The minimum Gasteiger partial charge on any atom is -0.469 e. The standard InChI is InChI=1S/C13H21NO4/c1-6-7-8-10(9-11(15)17-5)14-12(16)18-13(2,3)4/h7,10H,1,8-9H2,2-5H3,(H,14,16)/t10-/m1/s1. The van der Waals surface area contributed by atoms with Crippen molar-refractivity contribution >= 4 is 12.1 Å². The summed E-state index contributed by atoms with van der Waals surface area (Å²) in [6.07, 6.45) is 1.60. The molecule has 5 nitrogen and oxygen atoms in total. The van der Waals surface area contributed by atoms with Crippen LogP contribution in [-0.2, 0) is 14.3 Å². The average molecular weight is 255 g/mol. The molecule has 0 bridgehead atoms. The Hall–Kier alpha value is -1.74. The minimum absolute atomic E-state index is 0.0773. The molecule has 0 spiro atoms. The molecule has 18 heavy (non-hydrogen) atoms. The van der Waals surface area contributed by atoms with Gasteiger partial charge < -0.3 is 14.8 Å². The number of amides is 1. The number of methoxy groups -OCH3 is 1. The zero-order valence-electron chi connectivity index (χ0n) is 11.4. The molecule has 102 valence electrons. The first kappa shape index (κ1) is 16.3. The minimum atomic E-state index is -0.575. The molecule has 1 N–H and O–H groups in total. The highest BCUT2D eigenvalue weighted by Gasteiger charge is 2.20. The molecule has 0 saturated heterocycles. The van der Waals surface area contributed by atoms with E-state index in [1.165, 1.54) is 7.11 Å². The van der Waals surface area contributed by atoms with Gasteiger partial charge in [-0.3, -0.25) is 4.79 Å². The number of nitrogens with one attached hydrogen (secondary N) is 1. The molecule has 0 fully saturated rings. The van der Waals surface area contributed by atoms with Crippen molar-refractivity contribution in [2.75, 3.05) is 7.11 Å². The van der Waals surface area contributed by atoms with Crippen LogP contribution in [0.1, 0.15) is 33.6 Å². The number of ether oxygens (including phenoxy) is 2. The number of carbonyl (C=O) groups excluding carboxylic acids is 2. The highest BCUT2D eigenvalue weighted by Crippen LogP contribution is 2.08. The van der Waals surface area contributed by atoms with Crippen molar-refractivity contribution in [3.63, 3.8) is 0 Å². The highest BCUT2D eigenvalue weighted by molar-refractivity contribution is 5.72. The van der Waals surface area contributed by atoms with Gasteiger partial charge in [0.1, 0.15) is 5.60 Å². The lowest BCUT2D eigenvalue weighted by atomic mass is 10.1. The van der Waals surface area contributed by atoms with E-state index in [1.54, 1.807) is 26.8 Å². The maximum absolute atomic E-state index is 11.6. The molecule has 5 heteroatoms. The number of rotatable bonds is 5. The van der Waals surface area contributed by atoms with Crippen LogP contribution in [0.2, 0.25) is 0 Å². The van der Waals surface area contributed by atoms with Gasteiger partial charge in [0.25, 0.3) is 0 Å². The van der Waals surface area contributed by atoms with Gasteiger partial charge in [-0.05, 0) is 33.3 Å². The fourth-order valence-corrected chi connectivity index (χ4v) is 1.18. The quantitative estimate of drug-likeness (QED) is 0.604. The SMILES string of the molecule is C=C=CC[C@H](CC(=O)OC)NC(=O)OC(C)(C)C. The van der Waals surface area contributed by atoms with E-state index < -0.39 is 17.7 Å². The molecule has 0 saturated carbocycles. The molecule has 1 amide bonds. The zero-order valence-corrected chi connectivity index (χ0v) is 11.4. The van der Waals surface area contributed by atoms with Crippen LogP contribution in [0.25, 0.3) is 0 Å². The molecule has 0 rings (SSSR count). The van der Waals surface area contributed by atoms with E-state index in [0.717, 1.165) is 0 Å². The van der Waals surface area contributed by atoms with E-state index in [-0.39, 0.29) is 12.5 Å². The van der Waals surface area contributed by atoms with Gasteiger partial charge in [0.2, 0.25) is 0 Å². The van der Waals surface area contributed by atoms with Crippen molar-refractivity contribution in [3.8, 4) is 0 Å². The van der Waals surface area contributed by atoms with Crippen LogP contribution >= 0.6 is 0 Å². The van der Waals surface area contributed by atoms with Gasteiger partial charge in [-0.1, -0.05) is 6.58 Å². The first-order valence-corrected chi connectivity index (χ1v) is 5.69. The third-order valence-electron chi connectivity index (χ3n) is 1.91. The Bertz CT molecular complexity index is 337. The predicted molar refractivity (Wildman–Crippen MR) is 68.1 cm³/mol. The third kappa shape index (κ3) is 8.42. The number of carbonyl (C=O) groups is 2. The lowest BCUT2D eigenvalue weighted by molar-refractivity contribution is -0.141. The van der Waals surface area contributed by atoms with Crippen molar-refractivity contribution in [2.45, 2.75) is 45.3 Å². The summed E-state index contributed by atoms with van der Waals surface area (Å²) in [6, 6.07) is -0.387. The van der Waals surface area contributed by atoms with Crippen LogP contribution in [0.4, 0.5) is 4.79 Å². The van der Waals surface area contributed by atoms with Crippen LogP contribution in [0, 0.1) is 0 Å². The second kappa shape index (κ2) is 7.56. The summed E-state index contributed by atoms with van der Waals surface area (Å²) in [5.41, 5.74) is 2.02. The largest absolute Gasteiger partial charge is 0.469 e.